The molecule has 5 N–H and O–H groups in total. The van der Waals surface area contributed by atoms with Crippen LogP contribution in [0.25, 0.3) is 17.0 Å². The van der Waals surface area contributed by atoms with Crippen LogP contribution in [-0.2, 0) is 35.4 Å². The predicted molar refractivity (Wildman–Crippen MR) is 279 cm³/mol. The Morgan fingerprint density at radius 2 is 1.71 bits per heavy atom. The van der Waals surface area contributed by atoms with Crippen molar-refractivity contribution in [3.63, 3.8) is 0 Å². The molecule has 9 rings (SSSR count). The summed E-state index contributed by atoms with van der Waals surface area (Å²) in [4.78, 5) is 48.2. The lowest BCUT2D eigenvalue weighted by Gasteiger charge is -2.42. The van der Waals surface area contributed by atoms with Gasteiger partial charge in [0.05, 0.1) is 40.9 Å². The summed E-state index contributed by atoms with van der Waals surface area (Å²) in [6.45, 7) is 18.7. The number of piperazine rings is 1. The maximum absolute atomic E-state index is 13.8. The topological polar surface area (TPSA) is 187 Å². The number of carbonyl (C=O) groups is 2. The quantitative estimate of drug-likeness (QED) is 0.0746. The molecule has 14 nitrogen and oxygen atoms in total. The fourth-order valence-electron chi connectivity index (χ4n) is 10.5. The highest BCUT2D eigenvalue weighted by atomic mass is 16.5. The lowest BCUT2D eigenvalue weighted by molar-refractivity contribution is -0.132. The number of aliphatic hydroxyl groups excluding tert-OH is 3. The van der Waals surface area contributed by atoms with Gasteiger partial charge in [0.25, 0.3) is 0 Å². The highest BCUT2D eigenvalue weighted by Gasteiger charge is 2.41. The number of aliphatic hydroxyl groups is 3. The molecule has 0 unspecified atom stereocenters. The minimum absolute atomic E-state index is 0.0712. The van der Waals surface area contributed by atoms with Crippen molar-refractivity contribution in [1.29, 1.82) is 0 Å². The van der Waals surface area contributed by atoms with Crippen molar-refractivity contribution in [2.75, 3.05) is 26.2 Å². The molecule has 5 aromatic rings. The van der Waals surface area contributed by atoms with Gasteiger partial charge in [0.2, 0.25) is 11.8 Å². The molecule has 2 amide bonds. The summed E-state index contributed by atoms with van der Waals surface area (Å²) in [5, 5.41) is 40.3. The smallest absolute Gasteiger partial charge is 0.336 e. The molecule has 0 saturated carbocycles. The maximum Gasteiger partial charge on any atom is 0.336 e. The Morgan fingerprint density at radius 1 is 0.972 bits per heavy atom. The Kier molecular flexibility index (Phi) is 16.1. The zero-order chi connectivity index (χ0) is 51.5. The molecule has 1 aliphatic carbocycles. The number of carbonyl (C=O) groups excluding carboxylic acids is 2. The van der Waals surface area contributed by atoms with E-state index in [2.05, 4.69) is 32.3 Å². The number of amides is 2. The van der Waals surface area contributed by atoms with Gasteiger partial charge in [-0.05, 0) is 107 Å². The zero-order valence-electron chi connectivity index (χ0n) is 43.1. The number of rotatable bonds is 13. The Balaban J connectivity index is 0.000000218. The van der Waals surface area contributed by atoms with Crippen molar-refractivity contribution in [1.82, 2.24) is 25.4 Å². The van der Waals surface area contributed by atoms with Gasteiger partial charge in [0, 0.05) is 75.0 Å². The van der Waals surface area contributed by atoms with Gasteiger partial charge < -0.3 is 39.8 Å². The minimum atomic E-state index is -0.833. The number of fused-ring (bicyclic) bond motifs is 7. The number of benzene rings is 3. The van der Waals surface area contributed by atoms with Crippen LogP contribution in [0.4, 0.5) is 0 Å². The van der Waals surface area contributed by atoms with Gasteiger partial charge in [0.15, 0.2) is 5.58 Å². The Bertz CT molecular complexity index is 2790. The fourth-order valence-corrected chi connectivity index (χ4v) is 10.5. The standard InChI is InChI=1S/C36H47N5O4.C22H26O5/c1-36(2,3)39-35(45)31-24-40(22-26-12-9-15-37-21-26)16-17-41(31)23-29(42)19-28(18-25-10-5-4-6-11-25)34(44)38-33-30-14-8-7-13-27(30)20-32(33)43;1-6-7-13-10-15(23)26-21-16(13)20-14(8-9-22(4,5)27-20)19-17(21)18(24)11(2)12(3)25-19/h4-15,21,28-29,31-33,42-43H,16-20,22-24H2,1-3H3,(H,38,44)(H,39,45);8-12,18,24H,6-7H2,1-5H3/t28-,29-,31-,32+,33-;11-,12-,18+/m01/s1. The molecule has 0 radical (unpaired) electrons. The lowest BCUT2D eigenvalue weighted by Crippen LogP contribution is -2.61. The van der Waals surface area contributed by atoms with E-state index in [0.29, 0.717) is 55.1 Å². The summed E-state index contributed by atoms with van der Waals surface area (Å²) in [7, 11) is 0. The number of hydrogen-bond donors (Lipinski definition) is 5. The van der Waals surface area contributed by atoms with E-state index in [4.69, 9.17) is 13.9 Å². The molecule has 72 heavy (non-hydrogen) atoms. The molecule has 8 atom stereocenters. The molecular formula is C58H73N5O9. The van der Waals surface area contributed by atoms with Gasteiger partial charge >= 0.3 is 5.63 Å². The molecule has 384 valence electrons. The van der Waals surface area contributed by atoms with Crippen molar-refractivity contribution in [3.8, 4) is 11.5 Å². The summed E-state index contributed by atoms with van der Waals surface area (Å²) >= 11 is 0. The van der Waals surface area contributed by atoms with Gasteiger partial charge in [-0.3, -0.25) is 24.4 Å². The second-order valence-electron chi connectivity index (χ2n) is 21.8. The summed E-state index contributed by atoms with van der Waals surface area (Å²) < 4.78 is 18.1. The highest BCUT2D eigenvalue weighted by Crippen LogP contribution is 2.52. The second kappa shape index (κ2) is 22.1. The van der Waals surface area contributed by atoms with Crippen LogP contribution in [0.5, 0.6) is 11.5 Å². The number of aryl methyl sites for hydroxylation is 1. The fraction of sp³-hybridized carbons (Fsp3) is 0.483. The molecule has 1 fully saturated rings. The van der Waals surface area contributed by atoms with Crippen LogP contribution in [0.2, 0.25) is 0 Å². The van der Waals surface area contributed by atoms with E-state index in [0.717, 1.165) is 58.2 Å². The minimum Gasteiger partial charge on any atom is -0.489 e. The number of nitrogens with one attached hydrogen (secondary N) is 2. The van der Waals surface area contributed by atoms with Crippen molar-refractivity contribution < 1.29 is 38.8 Å². The second-order valence-corrected chi connectivity index (χ2v) is 21.8. The highest BCUT2D eigenvalue weighted by molar-refractivity contribution is 5.97. The van der Waals surface area contributed by atoms with Crippen LogP contribution in [0, 0.1) is 11.8 Å². The van der Waals surface area contributed by atoms with E-state index in [1.54, 1.807) is 6.20 Å². The third-order valence-electron chi connectivity index (χ3n) is 14.3. The van der Waals surface area contributed by atoms with E-state index in [1.165, 1.54) is 6.07 Å². The zero-order valence-corrected chi connectivity index (χ0v) is 43.1. The van der Waals surface area contributed by atoms with Crippen LogP contribution in [-0.4, -0.2) is 104 Å². The monoisotopic (exact) mass is 984 g/mol. The van der Waals surface area contributed by atoms with Gasteiger partial charge in [-0.2, -0.15) is 0 Å². The average Bonchev–Trinajstić information content (AvgIpc) is 3.64. The first-order valence-electron chi connectivity index (χ1n) is 25.6. The normalized spacial score (nSPS) is 23.3. The molecule has 4 aliphatic rings. The van der Waals surface area contributed by atoms with Crippen molar-refractivity contribution >= 4 is 28.9 Å². The van der Waals surface area contributed by atoms with Crippen molar-refractivity contribution in [2.24, 2.45) is 11.8 Å². The van der Waals surface area contributed by atoms with E-state index in [9.17, 15) is 29.7 Å². The third kappa shape index (κ3) is 12.1. The number of nitrogens with zero attached hydrogens (tertiary/aromatic N) is 3. The first-order valence-corrected chi connectivity index (χ1v) is 25.6. The lowest BCUT2D eigenvalue weighted by atomic mass is 9.85. The molecule has 3 aliphatic heterocycles. The van der Waals surface area contributed by atoms with Gasteiger partial charge in [0.1, 0.15) is 29.2 Å². The van der Waals surface area contributed by atoms with Crippen LogP contribution < -0.4 is 25.7 Å². The third-order valence-corrected chi connectivity index (χ3v) is 14.3. The summed E-state index contributed by atoms with van der Waals surface area (Å²) in [5.41, 5.74) is 5.40. The summed E-state index contributed by atoms with van der Waals surface area (Å²) in [6.07, 6.45) is 7.91. The van der Waals surface area contributed by atoms with E-state index in [1.807, 2.05) is 134 Å². The van der Waals surface area contributed by atoms with Crippen LogP contribution in [0.1, 0.15) is 119 Å². The molecule has 5 heterocycles. The number of hydrogen-bond acceptors (Lipinski definition) is 12. The molecule has 0 bridgehead atoms. The van der Waals surface area contributed by atoms with Gasteiger partial charge in [-0.15, -0.1) is 0 Å². The first kappa shape index (κ1) is 52.4. The number of aromatic nitrogens is 1. The molecule has 3 aromatic carbocycles. The van der Waals surface area contributed by atoms with E-state index < -0.39 is 53.1 Å². The SMILES string of the molecule is CC(C)(C)NC(=O)[C@@H]1CN(Cc2cccnc2)CCN1C[C@@H](O)C[C@H](Cc1ccccc1)C(=O)N[C@H]1c2ccccc2C[C@H]1O.CCCc1cc(=O)oc2c3c(c4c(c12)OC(C)(C)C=C4)O[C@H](C)[C@@H](C)[C@@H]3O. The van der Waals surface area contributed by atoms with E-state index >= 15 is 0 Å². The maximum atomic E-state index is 13.8. The van der Waals surface area contributed by atoms with Crippen LogP contribution >= 0.6 is 0 Å². The van der Waals surface area contributed by atoms with Crippen LogP contribution in [0.15, 0.2) is 100 Å². The van der Waals surface area contributed by atoms with Gasteiger partial charge in [-0.1, -0.05) is 80.9 Å². The van der Waals surface area contributed by atoms with Crippen LogP contribution in [0.3, 0.4) is 0 Å². The number of β-amino-alcohol motifs (C(OH)–C–C–N with tert-alkyl or cyclic N) is 1. The molecular weight excluding hydrogens is 911 g/mol. The molecule has 0 spiro atoms. The summed E-state index contributed by atoms with van der Waals surface area (Å²) in [5.74, 6) is 0.316. The molecule has 1 saturated heterocycles. The molecule has 14 heteroatoms. The Labute approximate surface area is 423 Å². The Morgan fingerprint density at radius 3 is 2.43 bits per heavy atom. The first-order chi connectivity index (χ1) is 34.3. The predicted octanol–water partition coefficient (Wildman–Crippen LogP) is 7.25. The van der Waals surface area contributed by atoms with E-state index in [-0.39, 0.29) is 36.8 Å². The molecule has 2 aromatic heterocycles. The van der Waals surface area contributed by atoms with Crippen molar-refractivity contribution in [2.45, 2.75) is 142 Å². The Hall–Kier alpha value is -5.90. The largest absolute Gasteiger partial charge is 0.489 e. The van der Waals surface area contributed by atoms with Crippen molar-refractivity contribution in [3.05, 3.63) is 141 Å². The number of pyridine rings is 1. The van der Waals surface area contributed by atoms with Gasteiger partial charge in [-0.25, -0.2) is 4.79 Å². The average molecular weight is 984 g/mol. The summed E-state index contributed by atoms with van der Waals surface area (Å²) in [6, 6.07) is 22.2. The number of ether oxygens (including phenoxy) is 2.